The number of nitrogens with one attached hydrogen (secondary N) is 1. The average Bonchev–Trinajstić information content (AvgIpc) is 3.15. The molecule has 1 N–H and O–H groups in total. The van der Waals surface area contributed by atoms with Gasteiger partial charge in [0, 0.05) is 17.5 Å². The van der Waals surface area contributed by atoms with Gasteiger partial charge >= 0.3 is 5.97 Å². The number of esters is 1. The van der Waals surface area contributed by atoms with Crippen LogP contribution in [0.2, 0.25) is 0 Å². The first-order valence-electron chi connectivity index (χ1n) is 10.4. The second-order valence-electron chi connectivity index (χ2n) is 7.40. The highest BCUT2D eigenvalue weighted by Gasteiger charge is 2.21. The normalized spacial score (nSPS) is 10.6. The van der Waals surface area contributed by atoms with E-state index in [1.807, 2.05) is 42.5 Å². The lowest BCUT2D eigenvalue weighted by Crippen LogP contribution is -2.21. The van der Waals surface area contributed by atoms with Gasteiger partial charge in [0.1, 0.15) is 0 Å². The molecular formula is C25H21N5O3S. The van der Waals surface area contributed by atoms with E-state index in [0.29, 0.717) is 33.7 Å². The Bertz CT molecular complexity index is 1410. The summed E-state index contributed by atoms with van der Waals surface area (Å²) in [4.78, 5) is 31.0. The quantitative estimate of drug-likeness (QED) is 0.315. The number of ether oxygens (including phenoxy) is 1. The molecule has 9 heteroatoms. The number of anilines is 1. The Labute approximate surface area is 200 Å². The molecule has 0 unspecified atom stereocenters. The third kappa shape index (κ3) is 4.92. The molecule has 0 aliphatic carbocycles. The van der Waals surface area contributed by atoms with E-state index in [-0.39, 0.29) is 5.75 Å². The fourth-order valence-electron chi connectivity index (χ4n) is 3.56. The highest BCUT2D eigenvalue weighted by molar-refractivity contribution is 7.99. The van der Waals surface area contributed by atoms with Crippen LogP contribution in [0.15, 0.2) is 65.6 Å². The molecule has 34 heavy (non-hydrogen) atoms. The predicted molar refractivity (Wildman–Crippen MR) is 130 cm³/mol. The van der Waals surface area contributed by atoms with Gasteiger partial charge < -0.3 is 10.1 Å². The number of para-hydroxylation sites is 1. The second-order valence-corrected chi connectivity index (χ2v) is 8.41. The van der Waals surface area contributed by atoms with Crippen LogP contribution < -0.4 is 5.32 Å². The zero-order chi connectivity index (χ0) is 24.1. The van der Waals surface area contributed by atoms with Gasteiger partial charge in [-0.05, 0) is 25.1 Å². The highest BCUT2D eigenvalue weighted by Crippen LogP contribution is 2.28. The van der Waals surface area contributed by atoms with E-state index in [9.17, 15) is 9.59 Å². The van der Waals surface area contributed by atoms with E-state index in [4.69, 9.17) is 10.00 Å². The maximum absolute atomic E-state index is 13.1. The minimum atomic E-state index is -0.636. The molecule has 0 saturated heterocycles. The molecule has 0 radical (unpaired) electrons. The van der Waals surface area contributed by atoms with Crippen molar-refractivity contribution in [1.29, 1.82) is 5.26 Å². The maximum atomic E-state index is 13.1. The van der Waals surface area contributed by atoms with Crippen molar-refractivity contribution in [2.24, 2.45) is 7.05 Å². The summed E-state index contributed by atoms with van der Waals surface area (Å²) in [6.07, 6.45) is 0. The smallest absolute Gasteiger partial charge is 0.339 e. The van der Waals surface area contributed by atoms with Crippen molar-refractivity contribution < 1.29 is 14.3 Å². The summed E-state index contributed by atoms with van der Waals surface area (Å²) in [5.41, 5.74) is 3.51. The lowest BCUT2D eigenvalue weighted by Gasteiger charge is -2.11. The van der Waals surface area contributed by atoms with Crippen molar-refractivity contribution >= 4 is 40.4 Å². The van der Waals surface area contributed by atoms with Crippen LogP contribution in [0.5, 0.6) is 0 Å². The van der Waals surface area contributed by atoms with Crippen LogP contribution in [-0.2, 0) is 16.6 Å². The Morgan fingerprint density at radius 3 is 2.65 bits per heavy atom. The van der Waals surface area contributed by atoms with E-state index in [1.54, 1.807) is 36.9 Å². The van der Waals surface area contributed by atoms with Gasteiger partial charge in [0.2, 0.25) is 0 Å². The molecule has 2 aromatic heterocycles. The number of aryl methyl sites for hydroxylation is 2. The summed E-state index contributed by atoms with van der Waals surface area (Å²) in [7, 11) is 1.77. The van der Waals surface area contributed by atoms with Gasteiger partial charge in [-0.25, -0.2) is 9.78 Å². The van der Waals surface area contributed by atoms with Crippen LogP contribution in [0.1, 0.15) is 16.1 Å². The Kier molecular flexibility index (Phi) is 6.90. The molecule has 4 aromatic rings. The van der Waals surface area contributed by atoms with Gasteiger partial charge in [0.15, 0.2) is 12.3 Å². The summed E-state index contributed by atoms with van der Waals surface area (Å²) in [6.45, 7) is 1.34. The zero-order valence-electron chi connectivity index (χ0n) is 18.6. The van der Waals surface area contributed by atoms with E-state index in [2.05, 4.69) is 21.5 Å². The first-order chi connectivity index (χ1) is 16.5. The minimum absolute atomic E-state index is 0.258. The average molecular weight is 472 g/mol. The molecule has 0 saturated carbocycles. The molecule has 2 heterocycles. The van der Waals surface area contributed by atoms with Crippen molar-refractivity contribution in [3.05, 3.63) is 71.9 Å². The standard InChI is InChI=1S/C25H21N5O3S/c1-16-23-18(14-20(17-8-4-3-5-9-17)28-24(23)30(2)29-16)25(32)33-15-22(31)27-19-10-6-7-11-21(19)34-13-12-26/h3-11,14H,13,15H2,1-2H3,(H,27,31). The van der Waals surface area contributed by atoms with E-state index in [0.717, 1.165) is 10.5 Å². The third-order valence-corrected chi connectivity index (χ3v) is 5.99. The lowest BCUT2D eigenvalue weighted by atomic mass is 10.1. The van der Waals surface area contributed by atoms with Crippen LogP contribution in [0.4, 0.5) is 5.69 Å². The summed E-state index contributed by atoms with van der Waals surface area (Å²) >= 11 is 1.32. The summed E-state index contributed by atoms with van der Waals surface area (Å²) in [5, 5.41) is 16.5. The van der Waals surface area contributed by atoms with Gasteiger partial charge in [0.25, 0.3) is 5.91 Å². The molecule has 0 atom stereocenters. The number of hydrogen-bond donors (Lipinski definition) is 1. The van der Waals surface area contributed by atoms with Crippen LogP contribution in [0, 0.1) is 18.3 Å². The fourth-order valence-corrected chi connectivity index (χ4v) is 4.23. The SMILES string of the molecule is Cc1nn(C)c2nc(-c3ccccc3)cc(C(=O)OCC(=O)Nc3ccccc3SCC#N)c12. The first kappa shape index (κ1) is 23.0. The summed E-state index contributed by atoms with van der Waals surface area (Å²) in [6, 6.07) is 20.4. The van der Waals surface area contributed by atoms with Crippen molar-refractivity contribution in [1.82, 2.24) is 14.8 Å². The molecule has 0 aliphatic rings. The Morgan fingerprint density at radius 2 is 1.88 bits per heavy atom. The maximum Gasteiger partial charge on any atom is 0.339 e. The minimum Gasteiger partial charge on any atom is -0.452 e. The zero-order valence-corrected chi connectivity index (χ0v) is 19.4. The van der Waals surface area contributed by atoms with Crippen molar-refractivity contribution in [3.63, 3.8) is 0 Å². The topological polar surface area (TPSA) is 110 Å². The Hall–Kier alpha value is -4.16. The molecule has 1 amide bonds. The van der Waals surface area contributed by atoms with Crippen molar-refractivity contribution in [2.45, 2.75) is 11.8 Å². The van der Waals surface area contributed by atoms with Gasteiger partial charge in [-0.1, -0.05) is 42.5 Å². The Morgan fingerprint density at radius 1 is 1.15 bits per heavy atom. The number of amides is 1. The first-order valence-corrected chi connectivity index (χ1v) is 11.4. The van der Waals surface area contributed by atoms with Crippen LogP contribution in [0.25, 0.3) is 22.3 Å². The van der Waals surface area contributed by atoms with Gasteiger partial charge in [-0.3, -0.25) is 9.48 Å². The third-order valence-electron chi connectivity index (χ3n) is 5.05. The number of rotatable bonds is 7. The number of aromatic nitrogens is 3. The highest BCUT2D eigenvalue weighted by atomic mass is 32.2. The molecule has 8 nitrogen and oxygen atoms in total. The van der Waals surface area contributed by atoms with Crippen LogP contribution in [0.3, 0.4) is 0 Å². The molecular weight excluding hydrogens is 450 g/mol. The van der Waals surface area contributed by atoms with Gasteiger partial charge in [-0.15, -0.1) is 11.8 Å². The fraction of sp³-hybridized carbons (Fsp3) is 0.160. The second kappa shape index (κ2) is 10.2. The van der Waals surface area contributed by atoms with E-state index >= 15 is 0 Å². The van der Waals surface area contributed by atoms with E-state index < -0.39 is 18.5 Å². The number of carbonyl (C=O) groups excluding carboxylic acids is 2. The molecule has 0 spiro atoms. The van der Waals surface area contributed by atoms with Crippen molar-refractivity contribution in [2.75, 3.05) is 17.7 Å². The molecule has 0 fully saturated rings. The predicted octanol–water partition coefficient (Wildman–Crippen LogP) is 4.35. The van der Waals surface area contributed by atoms with Crippen LogP contribution >= 0.6 is 11.8 Å². The van der Waals surface area contributed by atoms with E-state index in [1.165, 1.54) is 11.8 Å². The lowest BCUT2D eigenvalue weighted by molar-refractivity contribution is -0.119. The molecule has 2 aromatic carbocycles. The molecule has 0 bridgehead atoms. The van der Waals surface area contributed by atoms with Gasteiger partial charge in [0.05, 0.1) is 39.8 Å². The number of carbonyl (C=O) groups is 2. The number of nitrogens with zero attached hydrogens (tertiary/aromatic N) is 4. The number of pyridine rings is 1. The molecule has 4 rings (SSSR count). The largest absolute Gasteiger partial charge is 0.452 e. The molecule has 170 valence electrons. The van der Waals surface area contributed by atoms with Crippen molar-refractivity contribution in [3.8, 4) is 17.3 Å². The number of benzene rings is 2. The molecule has 0 aliphatic heterocycles. The summed E-state index contributed by atoms with van der Waals surface area (Å²) < 4.78 is 6.99. The number of fused-ring (bicyclic) bond motifs is 1. The number of nitriles is 1. The summed E-state index contributed by atoms with van der Waals surface area (Å²) in [5.74, 6) is -0.855. The van der Waals surface area contributed by atoms with Gasteiger partial charge in [-0.2, -0.15) is 10.4 Å². The monoisotopic (exact) mass is 471 g/mol. The Balaban J connectivity index is 1.56. The number of hydrogen-bond acceptors (Lipinski definition) is 7. The van der Waals surface area contributed by atoms with Crippen LogP contribution in [-0.4, -0.2) is 39.0 Å². The number of thioether (sulfide) groups is 1.